The first-order chi connectivity index (χ1) is 12.7. The van der Waals surface area contributed by atoms with Crippen molar-refractivity contribution in [2.45, 2.75) is 25.0 Å². The Morgan fingerprint density at radius 3 is 2.42 bits per heavy atom. The molecule has 1 aliphatic carbocycles. The van der Waals surface area contributed by atoms with Gasteiger partial charge in [-0.2, -0.15) is 0 Å². The Morgan fingerprint density at radius 2 is 1.81 bits per heavy atom. The van der Waals surface area contributed by atoms with E-state index in [1.165, 1.54) is 22.3 Å². The second kappa shape index (κ2) is 7.09. The summed E-state index contributed by atoms with van der Waals surface area (Å²) in [5.74, 6) is 0.0393. The number of carbonyl (C=O) groups excluding carboxylic acids is 1. The lowest BCUT2D eigenvalue weighted by Gasteiger charge is -2.36. The Bertz CT molecular complexity index is 759. The van der Waals surface area contributed by atoms with Crippen LogP contribution in [0.5, 0.6) is 0 Å². The number of aliphatic hydroxyl groups is 1. The fraction of sp³-hybridized carbons (Fsp3) is 0.381. The van der Waals surface area contributed by atoms with Crippen LogP contribution in [0.4, 0.5) is 4.79 Å². The molecule has 0 radical (unpaired) electrons. The topological polar surface area (TPSA) is 59.0 Å². The summed E-state index contributed by atoms with van der Waals surface area (Å²) in [4.78, 5) is 14.2. The van der Waals surface area contributed by atoms with E-state index in [1.54, 1.807) is 11.8 Å². The lowest BCUT2D eigenvalue weighted by Crippen LogP contribution is -2.53. The largest absolute Gasteiger partial charge is 0.448 e. The molecule has 136 valence electrons. The molecular weight excluding hydrogens is 330 g/mol. The van der Waals surface area contributed by atoms with Crippen molar-refractivity contribution in [3.05, 3.63) is 59.7 Å². The van der Waals surface area contributed by atoms with Crippen molar-refractivity contribution in [2.75, 3.05) is 26.4 Å². The molecule has 26 heavy (non-hydrogen) atoms. The van der Waals surface area contributed by atoms with Gasteiger partial charge in [0.2, 0.25) is 0 Å². The average Bonchev–Trinajstić information content (AvgIpc) is 3.00. The smallest absolute Gasteiger partial charge is 0.410 e. The number of morpholine rings is 1. The van der Waals surface area contributed by atoms with E-state index in [9.17, 15) is 9.90 Å². The number of amides is 1. The minimum atomic E-state index is -0.657. The minimum Gasteiger partial charge on any atom is -0.448 e. The Morgan fingerprint density at radius 1 is 1.19 bits per heavy atom. The second-order valence-electron chi connectivity index (χ2n) is 6.88. The van der Waals surface area contributed by atoms with Gasteiger partial charge in [-0.25, -0.2) is 4.79 Å². The molecule has 0 spiro atoms. The van der Waals surface area contributed by atoms with E-state index in [4.69, 9.17) is 9.47 Å². The first-order valence-corrected chi connectivity index (χ1v) is 9.04. The van der Waals surface area contributed by atoms with E-state index in [2.05, 4.69) is 24.3 Å². The van der Waals surface area contributed by atoms with E-state index in [-0.39, 0.29) is 24.7 Å². The number of aliphatic hydroxyl groups excluding tert-OH is 1. The molecule has 1 N–H and O–H groups in total. The van der Waals surface area contributed by atoms with E-state index >= 15 is 0 Å². The second-order valence-corrected chi connectivity index (χ2v) is 6.88. The van der Waals surface area contributed by atoms with Gasteiger partial charge in [0.05, 0.1) is 25.4 Å². The molecule has 0 aromatic heterocycles. The van der Waals surface area contributed by atoms with Crippen LogP contribution in [0.15, 0.2) is 48.5 Å². The van der Waals surface area contributed by atoms with Crippen LogP contribution in [0.1, 0.15) is 24.0 Å². The maximum Gasteiger partial charge on any atom is 0.410 e. The Labute approximate surface area is 153 Å². The molecule has 0 saturated carbocycles. The van der Waals surface area contributed by atoms with Crippen molar-refractivity contribution in [1.82, 2.24) is 4.90 Å². The number of nitrogens with zero attached hydrogens (tertiary/aromatic N) is 1. The van der Waals surface area contributed by atoms with Crippen LogP contribution < -0.4 is 0 Å². The summed E-state index contributed by atoms with van der Waals surface area (Å²) in [6, 6.07) is 16.2. The Hall–Kier alpha value is -2.37. The van der Waals surface area contributed by atoms with Crippen molar-refractivity contribution < 1.29 is 19.4 Å². The van der Waals surface area contributed by atoms with Crippen molar-refractivity contribution in [3.8, 4) is 11.1 Å². The Kier molecular flexibility index (Phi) is 4.66. The van der Waals surface area contributed by atoms with Crippen LogP contribution in [0.3, 0.4) is 0 Å². The highest BCUT2D eigenvalue weighted by Gasteiger charge is 2.34. The zero-order valence-electron chi connectivity index (χ0n) is 14.8. The van der Waals surface area contributed by atoms with Gasteiger partial charge in [0.1, 0.15) is 6.61 Å². The number of hydrogen-bond acceptors (Lipinski definition) is 4. The van der Waals surface area contributed by atoms with Crippen molar-refractivity contribution in [2.24, 2.45) is 0 Å². The number of carbonyl (C=O) groups is 1. The van der Waals surface area contributed by atoms with Crippen LogP contribution in [-0.2, 0) is 9.47 Å². The summed E-state index contributed by atoms with van der Waals surface area (Å²) in [5, 5.41) is 9.91. The van der Waals surface area contributed by atoms with E-state index in [1.807, 2.05) is 24.3 Å². The van der Waals surface area contributed by atoms with Crippen molar-refractivity contribution in [3.63, 3.8) is 0 Å². The van der Waals surface area contributed by atoms with Gasteiger partial charge in [0.25, 0.3) is 0 Å². The molecule has 2 aliphatic rings. The standard InChI is InChI=1S/C21H23NO4/c1-14(23)20-13-25-11-10-22(20)21(24)26-12-19-17-8-4-2-6-15(17)16-7-3-5-9-18(16)19/h2-9,14,19-20,23H,10-13H2,1H3. The van der Waals surface area contributed by atoms with Crippen molar-refractivity contribution in [1.29, 1.82) is 0 Å². The quantitative estimate of drug-likeness (QED) is 0.921. The number of benzene rings is 2. The van der Waals surface area contributed by atoms with Gasteiger partial charge in [-0.3, -0.25) is 4.90 Å². The highest BCUT2D eigenvalue weighted by atomic mass is 16.6. The van der Waals surface area contributed by atoms with Gasteiger partial charge in [-0.05, 0) is 29.2 Å². The molecule has 4 rings (SSSR count). The number of rotatable bonds is 3. The average molecular weight is 353 g/mol. The molecule has 2 aromatic rings. The number of ether oxygens (including phenoxy) is 2. The molecule has 0 bridgehead atoms. The van der Waals surface area contributed by atoms with Crippen LogP contribution in [0.2, 0.25) is 0 Å². The third-order valence-corrected chi connectivity index (χ3v) is 5.29. The monoisotopic (exact) mass is 353 g/mol. The molecule has 1 aliphatic heterocycles. The summed E-state index contributed by atoms with van der Waals surface area (Å²) in [6.45, 7) is 3.20. The Balaban J connectivity index is 1.52. The molecule has 5 heteroatoms. The van der Waals surface area contributed by atoms with Crippen LogP contribution in [0.25, 0.3) is 11.1 Å². The molecule has 2 unspecified atom stereocenters. The molecule has 1 amide bonds. The van der Waals surface area contributed by atoms with E-state index in [0.717, 1.165) is 0 Å². The first kappa shape index (κ1) is 17.1. The predicted octanol–water partition coefficient (Wildman–Crippen LogP) is 3.02. The van der Waals surface area contributed by atoms with E-state index in [0.29, 0.717) is 19.8 Å². The van der Waals surface area contributed by atoms with Crippen molar-refractivity contribution >= 4 is 6.09 Å². The van der Waals surface area contributed by atoms with Crippen LogP contribution in [0, 0.1) is 0 Å². The van der Waals surface area contributed by atoms with E-state index < -0.39 is 6.10 Å². The van der Waals surface area contributed by atoms with Gasteiger partial charge in [-0.15, -0.1) is 0 Å². The molecule has 2 atom stereocenters. The lowest BCUT2D eigenvalue weighted by molar-refractivity contribution is -0.0488. The summed E-state index contributed by atoms with van der Waals surface area (Å²) < 4.78 is 11.1. The van der Waals surface area contributed by atoms with Gasteiger partial charge in [0, 0.05) is 12.5 Å². The number of fused-ring (bicyclic) bond motifs is 3. The fourth-order valence-corrected chi connectivity index (χ4v) is 3.93. The van der Waals surface area contributed by atoms with Gasteiger partial charge >= 0.3 is 6.09 Å². The lowest BCUT2D eigenvalue weighted by atomic mass is 9.98. The van der Waals surface area contributed by atoms with Gasteiger partial charge in [-0.1, -0.05) is 48.5 Å². The summed E-state index contributed by atoms with van der Waals surface area (Å²) >= 11 is 0. The maximum absolute atomic E-state index is 12.6. The molecule has 1 heterocycles. The fourth-order valence-electron chi connectivity index (χ4n) is 3.93. The predicted molar refractivity (Wildman–Crippen MR) is 98.1 cm³/mol. The zero-order chi connectivity index (χ0) is 18.1. The third kappa shape index (κ3) is 2.97. The number of hydrogen-bond donors (Lipinski definition) is 1. The minimum absolute atomic E-state index is 0.0393. The summed E-state index contributed by atoms with van der Waals surface area (Å²) in [6.07, 6.45) is -1.04. The van der Waals surface area contributed by atoms with Gasteiger partial charge in [0.15, 0.2) is 0 Å². The maximum atomic E-state index is 12.6. The molecule has 1 saturated heterocycles. The zero-order valence-corrected chi connectivity index (χ0v) is 14.8. The van der Waals surface area contributed by atoms with Crippen LogP contribution >= 0.6 is 0 Å². The molecule has 1 fully saturated rings. The molecular formula is C21H23NO4. The summed E-state index contributed by atoms with van der Waals surface area (Å²) in [5.41, 5.74) is 4.79. The van der Waals surface area contributed by atoms with Crippen LogP contribution in [-0.4, -0.2) is 54.6 Å². The normalized spacial score (nSPS) is 20.4. The highest BCUT2D eigenvalue weighted by molar-refractivity contribution is 5.79. The molecule has 5 nitrogen and oxygen atoms in total. The third-order valence-electron chi connectivity index (χ3n) is 5.29. The highest BCUT2D eigenvalue weighted by Crippen LogP contribution is 2.44. The van der Waals surface area contributed by atoms with Gasteiger partial charge < -0.3 is 14.6 Å². The molecule has 2 aromatic carbocycles. The first-order valence-electron chi connectivity index (χ1n) is 9.04. The SMILES string of the molecule is CC(O)C1COCCN1C(=O)OCC1c2ccccc2-c2ccccc21. The summed E-state index contributed by atoms with van der Waals surface area (Å²) in [7, 11) is 0.